The van der Waals surface area contributed by atoms with Crippen molar-refractivity contribution in [3.63, 3.8) is 0 Å². The number of para-hydroxylation sites is 1. The number of carbonyl (C=O) groups excluding carboxylic acids is 1. The highest BCUT2D eigenvalue weighted by Gasteiger charge is 2.43. The topological polar surface area (TPSA) is 98.8 Å². The summed E-state index contributed by atoms with van der Waals surface area (Å²) in [5, 5.41) is 0. The van der Waals surface area contributed by atoms with Crippen LogP contribution in [0.4, 0.5) is 5.69 Å². The fourth-order valence-corrected chi connectivity index (χ4v) is 5.18. The number of benzene rings is 2. The van der Waals surface area contributed by atoms with Crippen molar-refractivity contribution in [2.45, 2.75) is 36.6 Å². The Bertz CT molecular complexity index is 1050. The van der Waals surface area contributed by atoms with Gasteiger partial charge >= 0.3 is 5.97 Å². The van der Waals surface area contributed by atoms with Gasteiger partial charge < -0.3 is 9.29 Å². The van der Waals surface area contributed by atoms with Crippen molar-refractivity contribution in [3.05, 3.63) is 66.7 Å². The molecule has 1 aliphatic rings. The average molecular weight is 449 g/mol. The number of hydrogen-bond donors (Lipinski definition) is 1. The predicted octanol–water partition coefficient (Wildman–Crippen LogP) is 2.83. The number of fused-ring (bicyclic) bond motifs is 1. The molecule has 9 heteroatoms. The maximum Gasteiger partial charge on any atom is 0.326 e. The molecular weight excluding hydrogens is 424 g/mol. The molecule has 0 bridgehead atoms. The van der Waals surface area contributed by atoms with Gasteiger partial charge in [-0.1, -0.05) is 43.0 Å². The Balaban J connectivity index is 1.89. The highest BCUT2D eigenvalue weighted by Crippen LogP contribution is 2.43. The fourth-order valence-electron chi connectivity index (χ4n) is 2.93. The van der Waals surface area contributed by atoms with Crippen LogP contribution in [0.15, 0.2) is 66.1 Å². The lowest BCUT2D eigenvalue weighted by atomic mass is 10.1. The molecule has 0 aliphatic carbocycles. The predicted molar refractivity (Wildman–Crippen MR) is 117 cm³/mol. The lowest BCUT2D eigenvalue weighted by Crippen LogP contribution is -2.44. The Morgan fingerprint density at radius 2 is 1.77 bits per heavy atom. The minimum Gasteiger partial charge on any atom is -0.598 e. The van der Waals surface area contributed by atoms with E-state index in [2.05, 4.69) is 11.3 Å². The zero-order chi connectivity index (χ0) is 22.1. The highest BCUT2D eigenvalue weighted by atomic mass is 32.2. The third kappa shape index (κ3) is 4.39. The summed E-state index contributed by atoms with van der Waals surface area (Å²) < 4.78 is 47.5. The first-order valence-electron chi connectivity index (χ1n) is 9.26. The molecule has 1 unspecified atom stereocenters. The standard InChI is InChI=1S/C21H24N2O5S2/c1-15-17-12-8-9-13-18(17)23(30(26,27)16-10-6-5-7-11-16)20(15)28-19(24)14-22-29(25)21(2,3)4/h5-13,20,22H,1,14H2,2-4H3/t20?,29-/m1/s1. The van der Waals surface area contributed by atoms with Crippen LogP contribution in [-0.4, -0.2) is 36.5 Å². The first kappa shape index (κ1) is 22.4. The second-order valence-electron chi connectivity index (χ2n) is 7.70. The van der Waals surface area contributed by atoms with Crippen molar-refractivity contribution in [2.75, 3.05) is 10.8 Å². The quantitative estimate of drug-likeness (QED) is 0.539. The summed E-state index contributed by atoms with van der Waals surface area (Å²) in [6.45, 7) is 8.93. The SMILES string of the molecule is C=C1c2ccccc2N(S(=O)(=O)c2ccccc2)C1OC(=O)CN[S@+]([O-])C(C)(C)C. The van der Waals surface area contributed by atoms with Gasteiger partial charge in [-0.25, -0.2) is 12.7 Å². The lowest BCUT2D eigenvalue weighted by Gasteiger charge is -2.27. The molecule has 1 N–H and O–H groups in total. The van der Waals surface area contributed by atoms with Gasteiger partial charge in [0.25, 0.3) is 10.0 Å². The second kappa shape index (κ2) is 8.43. The molecule has 2 aromatic carbocycles. The third-order valence-corrected chi connectivity index (χ3v) is 7.74. The van der Waals surface area contributed by atoms with Crippen LogP contribution in [0.1, 0.15) is 26.3 Å². The van der Waals surface area contributed by atoms with Gasteiger partial charge in [-0.05, 0) is 39.0 Å². The van der Waals surface area contributed by atoms with E-state index in [1.807, 2.05) is 0 Å². The maximum atomic E-state index is 13.4. The van der Waals surface area contributed by atoms with Gasteiger partial charge in [-0.15, -0.1) is 4.72 Å². The van der Waals surface area contributed by atoms with Crippen molar-refractivity contribution in [1.29, 1.82) is 0 Å². The van der Waals surface area contributed by atoms with Crippen LogP contribution in [0.5, 0.6) is 0 Å². The van der Waals surface area contributed by atoms with Crippen LogP contribution < -0.4 is 9.03 Å². The fraction of sp³-hybridized carbons (Fsp3) is 0.286. The normalized spacial score (nSPS) is 17.5. The molecule has 3 rings (SSSR count). The molecule has 2 atom stereocenters. The van der Waals surface area contributed by atoms with E-state index in [1.54, 1.807) is 63.2 Å². The molecular formula is C21H24N2O5S2. The number of nitrogens with one attached hydrogen (secondary N) is 1. The minimum atomic E-state index is -4.02. The molecule has 7 nitrogen and oxygen atoms in total. The molecule has 0 aromatic heterocycles. The van der Waals surface area contributed by atoms with Crippen molar-refractivity contribution < 1.29 is 22.5 Å². The minimum absolute atomic E-state index is 0.0718. The van der Waals surface area contributed by atoms with Gasteiger partial charge in [0.1, 0.15) is 11.3 Å². The number of rotatable bonds is 6. The largest absolute Gasteiger partial charge is 0.598 e. The Labute approximate surface area is 180 Å². The highest BCUT2D eigenvalue weighted by molar-refractivity contribution is 7.93. The van der Waals surface area contributed by atoms with E-state index < -0.39 is 38.3 Å². The number of nitrogens with zero attached hydrogens (tertiary/aromatic N) is 1. The van der Waals surface area contributed by atoms with Crippen LogP contribution in [0.3, 0.4) is 0 Å². The summed E-state index contributed by atoms with van der Waals surface area (Å²) in [6.07, 6.45) is -1.23. The van der Waals surface area contributed by atoms with Crippen LogP contribution in [0.25, 0.3) is 5.57 Å². The number of carbonyl (C=O) groups is 1. The summed E-state index contributed by atoms with van der Waals surface area (Å²) in [6, 6.07) is 14.8. The number of sulfonamides is 1. The molecule has 1 heterocycles. The van der Waals surface area contributed by atoms with Gasteiger partial charge in [0, 0.05) is 22.5 Å². The van der Waals surface area contributed by atoms with Gasteiger partial charge in [-0.3, -0.25) is 4.79 Å². The van der Waals surface area contributed by atoms with E-state index in [1.165, 1.54) is 12.1 Å². The molecule has 160 valence electrons. The molecule has 0 amide bonds. The third-order valence-electron chi connectivity index (χ3n) is 4.45. The van der Waals surface area contributed by atoms with Crippen molar-refractivity contribution >= 4 is 38.6 Å². The summed E-state index contributed by atoms with van der Waals surface area (Å²) in [4.78, 5) is 12.5. The number of ether oxygens (including phenoxy) is 1. The van der Waals surface area contributed by atoms with Crippen LogP contribution in [0, 0.1) is 0 Å². The van der Waals surface area contributed by atoms with Crippen molar-refractivity contribution in [1.82, 2.24) is 4.72 Å². The van der Waals surface area contributed by atoms with Crippen LogP contribution in [0.2, 0.25) is 0 Å². The summed E-state index contributed by atoms with van der Waals surface area (Å²) in [7, 11) is -4.02. The number of esters is 1. The van der Waals surface area contributed by atoms with Crippen molar-refractivity contribution in [3.8, 4) is 0 Å². The molecule has 0 fully saturated rings. The second-order valence-corrected chi connectivity index (χ2v) is 11.6. The summed E-state index contributed by atoms with van der Waals surface area (Å²) >= 11 is -1.47. The lowest BCUT2D eigenvalue weighted by molar-refractivity contribution is -0.144. The van der Waals surface area contributed by atoms with Gasteiger partial charge in [0.05, 0.1) is 10.6 Å². The van der Waals surface area contributed by atoms with Crippen LogP contribution >= 0.6 is 0 Å². The first-order valence-corrected chi connectivity index (χ1v) is 11.8. The smallest absolute Gasteiger partial charge is 0.326 e. The van der Waals surface area contributed by atoms with E-state index >= 15 is 0 Å². The van der Waals surface area contributed by atoms with E-state index in [9.17, 15) is 17.8 Å². The van der Waals surface area contributed by atoms with Crippen LogP contribution in [-0.2, 0) is 30.9 Å². The van der Waals surface area contributed by atoms with Gasteiger partial charge in [0.2, 0.25) is 6.23 Å². The monoisotopic (exact) mass is 448 g/mol. The van der Waals surface area contributed by atoms with Gasteiger partial charge in [-0.2, -0.15) is 0 Å². The maximum absolute atomic E-state index is 13.4. The number of hydrogen-bond acceptors (Lipinski definition) is 6. The summed E-state index contributed by atoms with van der Waals surface area (Å²) in [5.74, 6) is -0.736. The summed E-state index contributed by atoms with van der Waals surface area (Å²) in [5.41, 5.74) is 1.33. The first-order chi connectivity index (χ1) is 14.0. The molecule has 1 aliphatic heterocycles. The molecule has 0 spiro atoms. The zero-order valence-electron chi connectivity index (χ0n) is 17.0. The van der Waals surface area contributed by atoms with Crippen molar-refractivity contribution in [2.24, 2.45) is 0 Å². The van der Waals surface area contributed by atoms with E-state index in [0.717, 1.165) is 4.31 Å². The Morgan fingerprint density at radius 1 is 1.17 bits per heavy atom. The zero-order valence-corrected chi connectivity index (χ0v) is 18.6. The molecule has 0 saturated heterocycles. The Kier molecular flexibility index (Phi) is 6.28. The Hall–Kier alpha value is -2.33. The average Bonchev–Trinajstić information content (AvgIpc) is 2.98. The van der Waals surface area contributed by atoms with Gasteiger partial charge in [0.15, 0.2) is 0 Å². The van der Waals surface area contributed by atoms with E-state index in [0.29, 0.717) is 16.8 Å². The molecule has 2 aromatic rings. The molecule has 0 radical (unpaired) electrons. The van der Waals surface area contributed by atoms with E-state index in [-0.39, 0.29) is 11.4 Å². The van der Waals surface area contributed by atoms with E-state index in [4.69, 9.17) is 4.74 Å². The number of anilines is 1. The molecule has 0 saturated carbocycles. The molecule has 30 heavy (non-hydrogen) atoms. The Morgan fingerprint density at radius 3 is 2.40 bits per heavy atom.